The van der Waals surface area contributed by atoms with Crippen LogP contribution in [0.15, 0.2) is 29.7 Å². The number of hydrogen-bond acceptors (Lipinski definition) is 8. The number of aliphatic hydroxyl groups is 1. The van der Waals surface area contributed by atoms with E-state index in [9.17, 15) is 24.3 Å². The number of aliphatic hydroxyl groups excluding tert-OH is 1. The number of ether oxygens (including phenoxy) is 1. The predicted molar refractivity (Wildman–Crippen MR) is 146 cm³/mol. The molecule has 1 amide bonds. The van der Waals surface area contributed by atoms with E-state index in [0.717, 1.165) is 22.6 Å². The zero-order valence-corrected chi connectivity index (χ0v) is 23.9. The van der Waals surface area contributed by atoms with Gasteiger partial charge in [0.25, 0.3) is 5.91 Å². The number of likely N-dealkylation sites (N-methyl/N-ethyl adjacent to an activating group) is 2. The molecule has 0 aliphatic heterocycles. The van der Waals surface area contributed by atoms with Crippen LogP contribution < -0.4 is 15.9 Å². The van der Waals surface area contributed by atoms with Gasteiger partial charge in [0.05, 0.1) is 18.8 Å². The average molecular weight is 543 g/mol. The third kappa shape index (κ3) is 4.36. The summed E-state index contributed by atoms with van der Waals surface area (Å²) in [6.07, 6.45) is 4.53. The summed E-state index contributed by atoms with van der Waals surface area (Å²) >= 11 is 0. The second-order valence-electron chi connectivity index (χ2n) is 12.4. The lowest BCUT2D eigenvalue weighted by Gasteiger charge is -2.61. The van der Waals surface area contributed by atoms with E-state index in [4.69, 9.17) is 4.74 Å². The van der Waals surface area contributed by atoms with Gasteiger partial charge in [0.1, 0.15) is 17.5 Å². The molecule has 8 atom stereocenters. The van der Waals surface area contributed by atoms with Crippen molar-refractivity contribution >= 4 is 17.7 Å². The SMILES string of the molecule is C=C[C@]1(C)C[C@@H](OC(=O)c2ccnn(N(C)C(=O)CNC)c2=O)[C@]2(C)C(C)CC[C@]3(CCC(=O)C32)[C@@H](C)[C@@H]1O. The molecule has 3 fully saturated rings. The first-order chi connectivity index (χ1) is 18.3. The van der Waals surface area contributed by atoms with Crippen molar-refractivity contribution in [3.05, 3.63) is 40.8 Å². The van der Waals surface area contributed by atoms with Gasteiger partial charge in [-0.25, -0.2) is 9.80 Å². The summed E-state index contributed by atoms with van der Waals surface area (Å²) in [6, 6.07) is 1.28. The number of carbonyl (C=O) groups is 3. The van der Waals surface area contributed by atoms with Crippen LogP contribution in [0, 0.1) is 34.0 Å². The molecule has 0 saturated heterocycles. The zero-order valence-electron chi connectivity index (χ0n) is 23.9. The van der Waals surface area contributed by atoms with Crippen LogP contribution in [-0.2, 0) is 14.3 Å². The minimum atomic E-state index is -0.847. The van der Waals surface area contributed by atoms with Crippen LogP contribution in [0.4, 0.5) is 0 Å². The highest BCUT2D eigenvalue weighted by Crippen LogP contribution is 2.68. The molecule has 10 nitrogen and oxygen atoms in total. The van der Waals surface area contributed by atoms with Crippen LogP contribution in [0.25, 0.3) is 0 Å². The van der Waals surface area contributed by atoms with Gasteiger partial charge in [-0.15, -0.1) is 11.4 Å². The number of amides is 1. The lowest BCUT2D eigenvalue weighted by atomic mass is 9.44. The van der Waals surface area contributed by atoms with Crippen LogP contribution in [0.1, 0.15) is 70.2 Å². The van der Waals surface area contributed by atoms with E-state index in [1.54, 1.807) is 13.1 Å². The molecule has 2 bridgehead atoms. The normalized spacial score (nSPS) is 37.8. The molecular formula is C29H42N4O6. The molecule has 214 valence electrons. The number of nitrogens with zero attached hydrogens (tertiary/aromatic N) is 3. The highest BCUT2D eigenvalue weighted by Gasteiger charge is 2.68. The Morgan fingerprint density at radius 3 is 2.64 bits per heavy atom. The van der Waals surface area contributed by atoms with Gasteiger partial charge < -0.3 is 15.2 Å². The smallest absolute Gasteiger partial charge is 0.344 e. The fourth-order valence-corrected chi connectivity index (χ4v) is 7.84. The van der Waals surface area contributed by atoms with E-state index in [1.165, 1.54) is 19.3 Å². The summed E-state index contributed by atoms with van der Waals surface area (Å²) in [5.74, 6) is -1.56. The molecule has 0 aromatic carbocycles. The highest BCUT2D eigenvalue weighted by atomic mass is 16.5. The van der Waals surface area contributed by atoms with Crippen molar-refractivity contribution in [1.29, 1.82) is 0 Å². The summed E-state index contributed by atoms with van der Waals surface area (Å²) in [5.41, 5.74) is -2.93. The van der Waals surface area contributed by atoms with Crippen LogP contribution in [-0.4, -0.2) is 65.5 Å². The number of aromatic nitrogens is 2. The molecule has 10 heteroatoms. The topological polar surface area (TPSA) is 131 Å². The molecule has 0 spiro atoms. The van der Waals surface area contributed by atoms with E-state index in [-0.39, 0.29) is 42.1 Å². The average Bonchev–Trinajstić information content (AvgIpc) is 3.26. The Labute approximate surface area is 229 Å². The number of nitrogens with one attached hydrogen (secondary N) is 1. The number of rotatable bonds is 6. The number of esters is 1. The van der Waals surface area contributed by atoms with Crippen molar-refractivity contribution in [2.45, 2.75) is 72.0 Å². The number of carbonyl (C=O) groups excluding carboxylic acids is 3. The molecule has 1 aromatic rings. The molecule has 1 aromatic heterocycles. The zero-order chi connectivity index (χ0) is 28.9. The van der Waals surface area contributed by atoms with E-state index < -0.39 is 45.9 Å². The molecule has 3 aliphatic carbocycles. The molecule has 3 saturated carbocycles. The number of Topliss-reactive ketones (excluding diaryl/α,β-unsaturated/α-hetero) is 1. The third-order valence-electron chi connectivity index (χ3n) is 10.6. The predicted octanol–water partition coefficient (Wildman–Crippen LogP) is 2.08. The van der Waals surface area contributed by atoms with Crippen molar-refractivity contribution < 1.29 is 24.2 Å². The lowest BCUT2D eigenvalue weighted by Crippen LogP contribution is -2.63. The Hall–Kier alpha value is -2.85. The largest absolute Gasteiger partial charge is 0.458 e. The van der Waals surface area contributed by atoms with Gasteiger partial charge in [-0.05, 0) is 56.0 Å². The molecular weight excluding hydrogens is 500 g/mol. The molecule has 0 radical (unpaired) electrons. The van der Waals surface area contributed by atoms with Gasteiger partial charge in [0.15, 0.2) is 0 Å². The maximum Gasteiger partial charge on any atom is 0.344 e. The first-order valence-corrected chi connectivity index (χ1v) is 13.8. The Morgan fingerprint density at radius 1 is 1.31 bits per heavy atom. The Kier molecular flexibility index (Phi) is 7.68. The summed E-state index contributed by atoms with van der Waals surface area (Å²) in [4.78, 5) is 53.7. The molecule has 3 aliphatic rings. The maximum absolute atomic E-state index is 13.7. The van der Waals surface area contributed by atoms with Crippen molar-refractivity contribution in [3.63, 3.8) is 0 Å². The first-order valence-electron chi connectivity index (χ1n) is 13.8. The lowest BCUT2D eigenvalue weighted by molar-refractivity contribution is -0.192. The first kappa shape index (κ1) is 29.1. The standard InChI is InChI=1S/C29H42N4O6/c1-8-27(4)15-21(39-26(38)19-11-14-31-33(25(19)37)32(7)22(35)16-30-6)28(5)17(2)9-12-29(18(3)24(27)36)13-10-20(34)23(28)29/h8,11,14,17-18,21,23-24,30,36H,1,9-10,12-13,15-16H2,2-7H3/t17?,18-,21+,23?,24-,27+,28-,29-/m0/s1. The van der Waals surface area contributed by atoms with Gasteiger partial charge >= 0.3 is 11.5 Å². The van der Waals surface area contributed by atoms with E-state index in [1.807, 2.05) is 20.8 Å². The van der Waals surface area contributed by atoms with E-state index in [0.29, 0.717) is 12.8 Å². The minimum Gasteiger partial charge on any atom is -0.458 e. The van der Waals surface area contributed by atoms with Crippen LogP contribution in [0.3, 0.4) is 0 Å². The Bertz CT molecular complexity index is 1230. The van der Waals surface area contributed by atoms with Gasteiger partial charge in [-0.1, -0.05) is 33.8 Å². The quantitative estimate of drug-likeness (QED) is 0.413. The highest BCUT2D eigenvalue weighted by molar-refractivity contribution is 5.90. The second-order valence-corrected chi connectivity index (χ2v) is 12.4. The fraction of sp³-hybridized carbons (Fsp3) is 0.690. The van der Waals surface area contributed by atoms with E-state index in [2.05, 4.69) is 23.9 Å². The monoisotopic (exact) mass is 542 g/mol. The van der Waals surface area contributed by atoms with Crippen LogP contribution >= 0.6 is 0 Å². The molecule has 1 heterocycles. The second kappa shape index (κ2) is 10.3. The minimum absolute atomic E-state index is 0.0182. The van der Waals surface area contributed by atoms with E-state index >= 15 is 0 Å². The fourth-order valence-electron chi connectivity index (χ4n) is 7.84. The Morgan fingerprint density at radius 2 is 2.00 bits per heavy atom. The van der Waals surface area contributed by atoms with Crippen LogP contribution in [0.2, 0.25) is 0 Å². The molecule has 2 N–H and O–H groups in total. The number of hydrogen-bond donors (Lipinski definition) is 2. The van der Waals surface area contributed by atoms with Crippen molar-refractivity contribution in [2.75, 3.05) is 25.6 Å². The van der Waals surface area contributed by atoms with Gasteiger partial charge in [0.2, 0.25) is 0 Å². The summed E-state index contributed by atoms with van der Waals surface area (Å²) in [7, 11) is 3.00. The van der Waals surface area contributed by atoms with Crippen molar-refractivity contribution in [3.8, 4) is 0 Å². The van der Waals surface area contributed by atoms with Crippen LogP contribution in [0.5, 0.6) is 0 Å². The van der Waals surface area contributed by atoms with Crippen molar-refractivity contribution in [2.24, 2.45) is 34.0 Å². The summed E-state index contributed by atoms with van der Waals surface area (Å²) < 4.78 is 6.22. The summed E-state index contributed by atoms with van der Waals surface area (Å²) in [5, 5.41) is 19.4. The van der Waals surface area contributed by atoms with Gasteiger partial charge in [-0.2, -0.15) is 5.10 Å². The van der Waals surface area contributed by atoms with Crippen molar-refractivity contribution in [1.82, 2.24) is 15.2 Å². The molecule has 39 heavy (non-hydrogen) atoms. The Balaban J connectivity index is 1.79. The maximum atomic E-state index is 13.7. The molecule has 2 unspecified atom stereocenters. The summed E-state index contributed by atoms with van der Waals surface area (Å²) in [6.45, 7) is 12.1. The number of ketones is 1. The molecule has 4 rings (SSSR count). The van der Waals surface area contributed by atoms with Gasteiger partial charge in [0, 0.05) is 30.2 Å². The van der Waals surface area contributed by atoms with Gasteiger partial charge in [-0.3, -0.25) is 14.4 Å². The third-order valence-corrected chi connectivity index (χ3v) is 10.6.